The van der Waals surface area contributed by atoms with Gasteiger partial charge in [-0.2, -0.15) is 13.2 Å². The number of amides is 2. The number of primary amides is 1. The summed E-state index contributed by atoms with van der Waals surface area (Å²) in [6.45, 7) is 0.546. The minimum atomic E-state index is -4.44. The number of carbonyl (C=O) groups is 2. The molecule has 1 fully saturated rings. The van der Waals surface area contributed by atoms with Gasteiger partial charge in [-0.15, -0.1) is 0 Å². The first-order valence-corrected chi connectivity index (χ1v) is 7.65. The predicted molar refractivity (Wildman–Crippen MR) is 80.0 cm³/mol. The van der Waals surface area contributed by atoms with Gasteiger partial charge >= 0.3 is 18.2 Å². The number of rotatable bonds is 4. The molecule has 0 spiro atoms. The van der Waals surface area contributed by atoms with Crippen molar-refractivity contribution < 1.29 is 27.5 Å². The molecular weight excluding hydrogens is 325 g/mol. The van der Waals surface area contributed by atoms with Gasteiger partial charge in [0.1, 0.15) is 0 Å². The molecule has 1 aliphatic heterocycles. The fraction of sp³-hybridized carbons (Fsp3) is 0.500. The van der Waals surface area contributed by atoms with Gasteiger partial charge in [0.15, 0.2) is 0 Å². The number of halogens is 3. The summed E-state index contributed by atoms with van der Waals surface area (Å²) in [6, 6.07) is 4.61. The van der Waals surface area contributed by atoms with E-state index in [1.165, 1.54) is 23.1 Å². The molecule has 0 bridgehead atoms. The van der Waals surface area contributed by atoms with Crippen molar-refractivity contribution in [3.05, 3.63) is 35.4 Å². The van der Waals surface area contributed by atoms with Crippen LogP contribution in [0.2, 0.25) is 0 Å². The summed E-state index contributed by atoms with van der Waals surface area (Å²) in [7, 11) is 0. The number of benzene rings is 1. The molecule has 1 aromatic carbocycles. The van der Waals surface area contributed by atoms with E-state index in [9.17, 15) is 22.8 Å². The number of hydrogen-bond donors (Lipinski definition) is 1. The molecule has 1 heterocycles. The number of carbonyl (C=O) groups excluding carboxylic acids is 2. The van der Waals surface area contributed by atoms with Crippen LogP contribution in [0.5, 0.6) is 0 Å². The zero-order chi connectivity index (χ0) is 17.7. The summed E-state index contributed by atoms with van der Waals surface area (Å²) in [5.41, 5.74) is 4.55. The highest BCUT2D eigenvalue weighted by molar-refractivity contribution is 5.76. The fourth-order valence-electron chi connectivity index (χ4n) is 2.76. The van der Waals surface area contributed by atoms with Crippen LogP contribution in [0.4, 0.5) is 18.0 Å². The molecule has 0 aliphatic carbocycles. The van der Waals surface area contributed by atoms with E-state index in [1.54, 1.807) is 0 Å². The maximum atomic E-state index is 12.9. The Hall–Kier alpha value is -2.25. The van der Waals surface area contributed by atoms with Gasteiger partial charge in [-0.1, -0.05) is 18.2 Å². The van der Waals surface area contributed by atoms with E-state index < -0.39 is 29.7 Å². The van der Waals surface area contributed by atoms with Crippen LogP contribution >= 0.6 is 0 Å². The van der Waals surface area contributed by atoms with Crippen molar-refractivity contribution in [3.8, 4) is 0 Å². The molecule has 0 radical (unpaired) electrons. The summed E-state index contributed by atoms with van der Waals surface area (Å²) >= 11 is 0. The minimum Gasteiger partial charge on any atom is -0.465 e. The third kappa shape index (κ3) is 4.62. The highest BCUT2D eigenvalue weighted by Crippen LogP contribution is 2.32. The molecule has 0 aromatic heterocycles. The largest absolute Gasteiger partial charge is 0.465 e. The van der Waals surface area contributed by atoms with Crippen LogP contribution in [0.3, 0.4) is 0 Å². The second-order valence-corrected chi connectivity index (χ2v) is 5.70. The van der Waals surface area contributed by atoms with Crippen LogP contribution in [-0.2, 0) is 22.1 Å². The SMILES string of the molecule is NC(=O)N1CCC[C@@H](C(=O)OCCc2ccccc2C(F)(F)F)C1. The van der Waals surface area contributed by atoms with Crippen LogP contribution in [0, 0.1) is 5.92 Å². The molecule has 132 valence electrons. The Kier molecular flexibility index (Phi) is 5.69. The average molecular weight is 344 g/mol. The summed E-state index contributed by atoms with van der Waals surface area (Å²) in [4.78, 5) is 24.5. The van der Waals surface area contributed by atoms with Gasteiger partial charge in [0.05, 0.1) is 18.1 Å². The number of nitrogens with two attached hydrogens (primary N) is 1. The Morgan fingerprint density at radius 2 is 2.00 bits per heavy atom. The Morgan fingerprint density at radius 1 is 1.29 bits per heavy atom. The molecule has 2 amide bonds. The zero-order valence-electron chi connectivity index (χ0n) is 13.0. The van der Waals surface area contributed by atoms with Gasteiger partial charge in [0, 0.05) is 19.5 Å². The number of hydrogen-bond acceptors (Lipinski definition) is 3. The third-order valence-corrected chi connectivity index (χ3v) is 4.00. The van der Waals surface area contributed by atoms with Crippen LogP contribution in [0.25, 0.3) is 0 Å². The zero-order valence-corrected chi connectivity index (χ0v) is 13.0. The Balaban J connectivity index is 1.88. The van der Waals surface area contributed by atoms with Crippen LogP contribution in [0.15, 0.2) is 24.3 Å². The molecule has 1 aliphatic rings. The lowest BCUT2D eigenvalue weighted by Crippen LogP contribution is -2.45. The van der Waals surface area contributed by atoms with Gasteiger partial charge < -0.3 is 15.4 Å². The van der Waals surface area contributed by atoms with Gasteiger partial charge in [-0.25, -0.2) is 4.79 Å². The monoisotopic (exact) mass is 344 g/mol. The van der Waals surface area contributed by atoms with E-state index in [1.807, 2.05) is 0 Å². The number of alkyl halides is 3. The first kappa shape index (κ1) is 18.1. The van der Waals surface area contributed by atoms with Gasteiger partial charge in [-0.05, 0) is 24.5 Å². The Labute approximate surface area is 137 Å². The topological polar surface area (TPSA) is 72.6 Å². The van der Waals surface area contributed by atoms with Gasteiger partial charge in [0.25, 0.3) is 0 Å². The van der Waals surface area contributed by atoms with Crippen molar-refractivity contribution in [2.24, 2.45) is 11.7 Å². The molecule has 2 N–H and O–H groups in total. The van der Waals surface area contributed by atoms with Crippen LogP contribution < -0.4 is 5.73 Å². The van der Waals surface area contributed by atoms with Gasteiger partial charge in [-0.3, -0.25) is 4.79 Å². The van der Waals surface area contributed by atoms with Crippen molar-refractivity contribution in [1.29, 1.82) is 0 Å². The maximum absolute atomic E-state index is 12.9. The molecule has 0 saturated carbocycles. The number of likely N-dealkylation sites (tertiary alicyclic amines) is 1. The standard InChI is InChI=1S/C16H19F3N2O3/c17-16(18,19)13-6-2-1-4-11(13)7-9-24-14(22)12-5-3-8-21(10-12)15(20)23/h1-2,4,6,12H,3,5,7-10H2,(H2,20,23)/t12-/m1/s1. The molecule has 0 unspecified atom stereocenters. The van der Waals surface area contributed by atoms with E-state index >= 15 is 0 Å². The lowest BCUT2D eigenvalue weighted by Gasteiger charge is -2.30. The number of urea groups is 1. The summed E-state index contributed by atoms with van der Waals surface area (Å²) in [5.74, 6) is -0.991. The third-order valence-electron chi connectivity index (χ3n) is 4.00. The normalized spacial score (nSPS) is 18.3. The molecule has 8 heteroatoms. The Morgan fingerprint density at radius 3 is 2.67 bits per heavy atom. The van der Waals surface area contributed by atoms with Crippen molar-refractivity contribution in [1.82, 2.24) is 4.90 Å². The highest BCUT2D eigenvalue weighted by atomic mass is 19.4. The molecule has 24 heavy (non-hydrogen) atoms. The molecular formula is C16H19F3N2O3. The second-order valence-electron chi connectivity index (χ2n) is 5.70. The van der Waals surface area contributed by atoms with Crippen molar-refractivity contribution in [3.63, 3.8) is 0 Å². The molecule has 5 nitrogen and oxygen atoms in total. The van der Waals surface area contributed by atoms with E-state index in [-0.39, 0.29) is 25.1 Å². The fourth-order valence-corrected chi connectivity index (χ4v) is 2.76. The lowest BCUT2D eigenvalue weighted by molar-refractivity contribution is -0.149. The van der Waals surface area contributed by atoms with Gasteiger partial charge in [0.2, 0.25) is 0 Å². The number of esters is 1. The van der Waals surface area contributed by atoms with Crippen LogP contribution in [-0.4, -0.2) is 36.6 Å². The minimum absolute atomic E-state index is 0.0202. The summed E-state index contributed by atoms with van der Waals surface area (Å²) in [5, 5.41) is 0. The van der Waals surface area contributed by atoms with Crippen molar-refractivity contribution in [2.75, 3.05) is 19.7 Å². The predicted octanol–water partition coefficient (Wildman–Crippen LogP) is 2.58. The van der Waals surface area contributed by atoms with Crippen molar-refractivity contribution in [2.45, 2.75) is 25.4 Å². The summed E-state index contributed by atoms with van der Waals surface area (Å²) in [6.07, 6.45) is -3.25. The van der Waals surface area contributed by atoms with Crippen molar-refractivity contribution >= 4 is 12.0 Å². The average Bonchev–Trinajstić information content (AvgIpc) is 2.54. The van der Waals surface area contributed by atoms with Crippen LogP contribution in [0.1, 0.15) is 24.0 Å². The molecule has 1 saturated heterocycles. The number of piperidine rings is 1. The summed E-state index contributed by atoms with van der Waals surface area (Å²) < 4.78 is 43.8. The Bertz CT molecular complexity index is 604. The lowest BCUT2D eigenvalue weighted by atomic mass is 9.98. The van der Waals surface area contributed by atoms with E-state index in [4.69, 9.17) is 10.5 Å². The maximum Gasteiger partial charge on any atom is 0.416 e. The molecule has 1 atom stereocenters. The molecule has 2 rings (SSSR count). The number of nitrogens with zero attached hydrogens (tertiary/aromatic N) is 1. The number of ether oxygens (including phenoxy) is 1. The first-order chi connectivity index (χ1) is 11.3. The highest BCUT2D eigenvalue weighted by Gasteiger charge is 2.33. The quantitative estimate of drug-likeness (QED) is 0.853. The molecule has 1 aromatic rings. The van der Waals surface area contributed by atoms with E-state index in [2.05, 4.69) is 0 Å². The first-order valence-electron chi connectivity index (χ1n) is 7.65. The second kappa shape index (κ2) is 7.55. The smallest absolute Gasteiger partial charge is 0.416 e. The van der Waals surface area contributed by atoms with E-state index in [0.717, 1.165) is 6.07 Å². The van der Waals surface area contributed by atoms with E-state index in [0.29, 0.717) is 19.4 Å².